The second-order valence-electron chi connectivity index (χ2n) is 4.11. The van der Waals surface area contributed by atoms with E-state index in [0.29, 0.717) is 18.0 Å². The van der Waals surface area contributed by atoms with Crippen LogP contribution in [0.5, 0.6) is 0 Å². The number of aromatic nitrogens is 1. The van der Waals surface area contributed by atoms with Crippen molar-refractivity contribution in [2.75, 3.05) is 17.7 Å². The number of nitrogen functional groups attached to an aromatic ring is 1. The lowest BCUT2D eigenvalue weighted by Gasteiger charge is -2.20. The Morgan fingerprint density at radius 2 is 2.06 bits per heavy atom. The first-order valence-corrected chi connectivity index (χ1v) is 5.35. The molecule has 0 aliphatic heterocycles. The van der Waals surface area contributed by atoms with Gasteiger partial charge in [-0.2, -0.15) is 0 Å². The van der Waals surface area contributed by atoms with Gasteiger partial charge in [0.05, 0.1) is 17.9 Å². The molecular formula is C12H13F2N3O. The summed E-state index contributed by atoms with van der Waals surface area (Å²) in [5.74, 6) is -0.759. The van der Waals surface area contributed by atoms with Crippen LogP contribution < -0.4 is 10.6 Å². The molecule has 2 N–H and O–H groups in total. The molecule has 1 heterocycles. The van der Waals surface area contributed by atoms with Gasteiger partial charge in [-0.25, -0.2) is 8.78 Å². The van der Waals surface area contributed by atoms with Crippen molar-refractivity contribution in [2.45, 2.75) is 13.5 Å². The lowest BCUT2D eigenvalue weighted by Crippen LogP contribution is -2.18. The van der Waals surface area contributed by atoms with Crippen LogP contribution in [-0.2, 0) is 6.54 Å². The van der Waals surface area contributed by atoms with Crippen molar-refractivity contribution in [1.29, 1.82) is 0 Å². The van der Waals surface area contributed by atoms with E-state index in [0.717, 1.165) is 6.07 Å². The molecule has 0 radical (unpaired) electrons. The van der Waals surface area contributed by atoms with Gasteiger partial charge in [0, 0.05) is 19.2 Å². The van der Waals surface area contributed by atoms with Crippen molar-refractivity contribution in [3.05, 3.63) is 41.3 Å². The van der Waals surface area contributed by atoms with Gasteiger partial charge in [0.25, 0.3) is 0 Å². The predicted molar refractivity (Wildman–Crippen MR) is 64.1 cm³/mol. The van der Waals surface area contributed by atoms with Gasteiger partial charge in [-0.15, -0.1) is 0 Å². The molecule has 0 unspecified atom stereocenters. The second-order valence-corrected chi connectivity index (χ2v) is 4.11. The molecule has 4 nitrogen and oxygen atoms in total. The molecule has 2 aromatic rings. The summed E-state index contributed by atoms with van der Waals surface area (Å²) >= 11 is 0. The van der Waals surface area contributed by atoms with Crippen LogP contribution in [0.25, 0.3) is 0 Å². The van der Waals surface area contributed by atoms with E-state index in [1.54, 1.807) is 24.9 Å². The van der Waals surface area contributed by atoms with Crippen molar-refractivity contribution in [3.8, 4) is 0 Å². The van der Waals surface area contributed by atoms with Gasteiger partial charge < -0.3 is 15.2 Å². The zero-order valence-corrected chi connectivity index (χ0v) is 10.1. The van der Waals surface area contributed by atoms with E-state index in [9.17, 15) is 8.78 Å². The zero-order chi connectivity index (χ0) is 13.3. The van der Waals surface area contributed by atoms with Crippen LogP contribution in [0.2, 0.25) is 0 Å². The van der Waals surface area contributed by atoms with Crippen LogP contribution in [0.15, 0.2) is 22.7 Å². The van der Waals surface area contributed by atoms with Crippen molar-refractivity contribution in [1.82, 2.24) is 5.16 Å². The summed E-state index contributed by atoms with van der Waals surface area (Å²) < 4.78 is 31.4. The number of benzene rings is 1. The van der Waals surface area contributed by atoms with Crippen LogP contribution in [0.4, 0.5) is 20.2 Å². The van der Waals surface area contributed by atoms with Crippen molar-refractivity contribution >= 4 is 11.4 Å². The maximum absolute atomic E-state index is 13.3. The third-order valence-corrected chi connectivity index (χ3v) is 2.56. The number of anilines is 2. The van der Waals surface area contributed by atoms with E-state index < -0.39 is 11.6 Å². The summed E-state index contributed by atoms with van der Waals surface area (Å²) in [4.78, 5) is 1.61. The Balaban J connectivity index is 2.26. The summed E-state index contributed by atoms with van der Waals surface area (Å²) in [6.07, 6.45) is 0. The van der Waals surface area contributed by atoms with Gasteiger partial charge in [0.1, 0.15) is 17.3 Å². The first-order chi connectivity index (χ1) is 8.47. The fraction of sp³-hybridized carbons (Fsp3) is 0.250. The van der Waals surface area contributed by atoms with Crippen LogP contribution in [0.1, 0.15) is 11.5 Å². The van der Waals surface area contributed by atoms with Gasteiger partial charge in [0.2, 0.25) is 0 Å². The maximum atomic E-state index is 13.3. The molecule has 0 fully saturated rings. The minimum absolute atomic E-state index is 0.0842. The van der Waals surface area contributed by atoms with Gasteiger partial charge in [0.15, 0.2) is 5.82 Å². The third kappa shape index (κ3) is 2.42. The molecule has 6 heteroatoms. The number of halogens is 2. The summed E-state index contributed by atoms with van der Waals surface area (Å²) in [6, 6.07) is 3.70. The number of nitrogens with zero attached hydrogens (tertiary/aromatic N) is 2. The van der Waals surface area contributed by atoms with Gasteiger partial charge in [-0.1, -0.05) is 5.16 Å². The van der Waals surface area contributed by atoms with Gasteiger partial charge >= 0.3 is 0 Å². The molecule has 0 atom stereocenters. The maximum Gasteiger partial charge on any atom is 0.151 e. The predicted octanol–water partition coefficient (Wildman–Crippen LogP) is 2.48. The Kier molecular flexibility index (Phi) is 3.18. The Morgan fingerprint density at radius 1 is 1.33 bits per heavy atom. The lowest BCUT2D eigenvalue weighted by molar-refractivity contribution is 0.390. The van der Waals surface area contributed by atoms with Crippen LogP contribution in [0.3, 0.4) is 0 Å². The smallest absolute Gasteiger partial charge is 0.151 e. The van der Waals surface area contributed by atoms with Gasteiger partial charge in [-0.3, -0.25) is 0 Å². The molecule has 0 amide bonds. The summed E-state index contributed by atoms with van der Waals surface area (Å²) in [5.41, 5.74) is 6.45. The number of nitrogens with two attached hydrogens (primary N) is 1. The Morgan fingerprint density at radius 3 is 2.67 bits per heavy atom. The standard InChI is InChI=1S/C12H13F2N3O/c1-7-3-9(16-18-7)6-17(2)11-5-8(13)4-10(14)12(11)15/h3-5H,6,15H2,1-2H3. The van der Waals surface area contributed by atoms with Crippen molar-refractivity contribution in [2.24, 2.45) is 0 Å². The monoisotopic (exact) mass is 253 g/mol. The molecule has 18 heavy (non-hydrogen) atoms. The SMILES string of the molecule is Cc1cc(CN(C)c2cc(F)cc(F)c2N)no1. The number of hydrogen-bond donors (Lipinski definition) is 1. The molecule has 0 saturated carbocycles. The fourth-order valence-corrected chi connectivity index (χ4v) is 1.71. The average molecular weight is 253 g/mol. The molecular weight excluding hydrogens is 240 g/mol. The van der Waals surface area contributed by atoms with E-state index in [4.69, 9.17) is 10.3 Å². The molecule has 0 bridgehead atoms. The molecule has 0 spiro atoms. The van der Waals surface area contributed by atoms with Crippen molar-refractivity contribution in [3.63, 3.8) is 0 Å². The van der Waals surface area contributed by atoms with E-state index >= 15 is 0 Å². The largest absolute Gasteiger partial charge is 0.395 e. The minimum atomic E-state index is -0.770. The minimum Gasteiger partial charge on any atom is -0.395 e. The number of rotatable bonds is 3. The Hall–Kier alpha value is -2.11. The molecule has 2 rings (SSSR count). The molecule has 0 aliphatic rings. The average Bonchev–Trinajstić information content (AvgIpc) is 2.69. The highest BCUT2D eigenvalue weighted by Crippen LogP contribution is 2.27. The molecule has 0 aliphatic carbocycles. The topological polar surface area (TPSA) is 55.3 Å². The molecule has 1 aromatic heterocycles. The zero-order valence-electron chi connectivity index (χ0n) is 10.1. The van der Waals surface area contributed by atoms with Crippen LogP contribution in [0, 0.1) is 18.6 Å². The Bertz CT molecular complexity index is 568. The first-order valence-electron chi connectivity index (χ1n) is 5.35. The van der Waals surface area contributed by atoms with Gasteiger partial charge in [-0.05, 0) is 13.0 Å². The molecule has 0 saturated heterocycles. The Labute approximate surface area is 103 Å². The van der Waals surface area contributed by atoms with Crippen LogP contribution in [-0.4, -0.2) is 12.2 Å². The summed E-state index contributed by atoms with van der Waals surface area (Å²) in [6.45, 7) is 2.12. The van der Waals surface area contributed by atoms with E-state index in [1.165, 1.54) is 6.07 Å². The van der Waals surface area contributed by atoms with E-state index in [-0.39, 0.29) is 11.4 Å². The number of aryl methyl sites for hydroxylation is 1. The number of hydrogen-bond acceptors (Lipinski definition) is 4. The van der Waals surface area contributed by atoms with Crippen LogP contribution >= 0.6 is 0 Å². The highest BCUT2D eigenvalue weighted by atomic mass is 19.1. The highest BCUT2D eigenvalue weighted by molar-refractivity contribution is 5.67. The normalized spacial score (nSPS) is 10.7. The van der Waals surface area contributed by atoms with E-state index in [1.807, 2.05) is 0 Å². The quantitative estimate of drug-likeness (QED) is 0.854. The lowest BCUT2D eigenvalue weighted by atomic mass is 10.2. The molecule has 96 valence electrons. The molecule has 1 aromatic carbocycles. The van der Waals surface area contributed by atoms with E-state index in [2.05, 4.69) is 5.16 Å². The van der Waals surface area contributed by atoms with Crippen molar-refractivity contribution < 1.29 is 13.3 Å². The summed E-state index contributed by atoms with van der Waals surface area (Å²) in [5, 5.41) is 3.81. The summed E-state index contributed by atoms with van der Waals surface area (Å²) in [7, 11) is 1.68. The fourth-order valence-electron chi connectivity index (χ4n) is 1.71. The first kappa shape index (κ1) is 12.3. The third-order valence-electron chi connectivity index (χ3n) is 2.56. The highest BCUT2D eigenvalue weighted by Gasteiger charge is 2.13. The second kappa shape index (κ2) is 4.64.